The Morgan fingerprint density at radius 2 is 2.04 bits per heavy atom. The molecule has 5 nitrogen and oxygen atoms in total. The summed E-state index contributed by atoms with van der Waals surface area (Å²) < 4.78 is 5.37. The number of hydrogen-bond donors (Lipinski definition) is 1. The normalized spacial score (nSPS) is 10.4. The molecule has 2 aromatic rings. The first-order valence-corrected chi connectivity index (χ1v) is 8.14. The number of nitrogens with one attached hydrogen (secondary N) is 1. The van der Waals surface area contributed by atoms with Gasteiger partial charge in [-0.3, -0.25) is 0 Å². The maximum atomic E-state index is 5.37. The van der Waals surface area contributed by atoms with Crippen LogP contribution in [0.2, 0.25) is 0 Å². The predicted molar refractivity (Wildman–Crippen MR) is 95.4 cm³/mol. The fourth-order valence-electron chi connectivity index (χ4n) is 2.38. The molecule has 1 N–H and O–H groups in total. The smallest absolute Gasteiger partial charge is 0.224 e. The van der Waals surface area contributed by atoms with E-state index >= 15 is 0 Å². The number of anilines is 2. The van der Waals surface area contributed by atoms with E-state index in [1.807, 2.05) is 24.3 Å². The molecule has 2 rings (SSSR count). The van der Waals surface area contributed by atoms with Gasteiger partial charge < -0.3 is 15.0 Å². The lowest BCUT2D eigenvalue weighted by molar-refractivity contribution is 0.410. The molecule has 23 heavy (non-hydrogen) atoms. The second-order valence-electron chi connectivity index (χ2n) is 5.50. The largest absolute Gasteiger partial charge is 0.496 e. The topological polar surface area (TPSA) is 50.3 Å². The summed E-state index contributed by atoms with van der Waals surface area (Å²) in [6.45, 7) is 3.97. The van der Waals surface area contributed by atoms with Crippen LogP contribution in [0.3, 0.4) is 0 Å². The molecule has 0 bridgehead atoms. The third kappa shape index (κ3) is 5.13. The van der Waals surface area contributed by atoms with Crippen molar-refractivity contribution >= 4 is 11.8 Å². The third-order valence-electron chi connectivity index (χ3n) is 3.75. The highest BCUT2D eigenvalue weighted by Crippen LogP contribution is 2.18. The van der Waals surface area contributed by atoms with Gasteiger partial charge in [-0.2, -0.15) is 4.98 Å². The molecule has 0 saturated carbocycles. The van der Waals surface area contributed by atoms with Gasteiger partial charge in [-0.15, -0.1) is 0 Å². The first kappa shape index (κ1) is 17.1. The molecule has 5 heteroatoms. The van der Waals surface area contributed by atoms with Crippen molar-refractivity contribution in [1.82, 2.24) is 9.97 Å². The van der Waals surface area contributed by atoms with Crippen molar-refractivity contribution in [3.63, 3.8) is 0 Å². The van der Waals surface area contributed by atoms with E-state index in [4.69, 9.17) is 4.74 Å². The molecule has 1 aromatic heterocycles. The number of hydrogen-bond acceptors (Lipinski definition) is 5. The zero-order chi connectivity index (χ0) is 16.5. The molecule has 0 spiro atoms. The van der Waals surface area contributed by atoms with Crippen LogP contribution in [-0.4, -0.2) is 37.2 Å². The van der Waals surface area contributed by atoms with E-state index in [0.717, 1.165) is 37.5 Å². The van der Waals surface area contributed by atoms with Crippen molar-refractivity contribution < 1.29 is 4.74 Å². The maximum absolute atomic E-state index is 5.37. The Hall–Kier alpha value is -2.30. The second-order valence-corrected chi connectivity index (χ2v) is 5.50. The summed E-state index contributed by atoms with van der Waals surface area (Å²) in [4.78, 5) is 11.0. The van der Waals surface area contributed by atoms with Gasteiger partial charge in [0.05, 0.1) is 7.11 Å². The number of para-hydroxylation sites is 1. The van der Waals surface area contributed by atoms with Gasteiger partial charge >= 0.3 is 0 Å². The van der Waals surface area contributed by atoms with E-state index in [0.29, 0.717) is 5.95 Å². The molecule has 0 aliphatic carbocycles. The minimum absolute atomic E-state index is 0.667. The van der Waals surface area contributed by atoms with Gasteiger partial charge in [0.2, 0.25) is 5.95 Å². The van der Waals surface area contributed by atoms with Crippen LogP contribution in [0.15, 0.2) is 36.5 Å². The van der Waals surface area contributed by atoms with Crippen molar-refractivity contribution in [1.29, 1.82) is 0 Å². The molecule has 0 fully saturated rings. The van der Waals surface area contributed by atoms with Crippen LogP contribution in [0, 0.1) is 0 Å². The van der Waals surface area contributed by atoms with E-state index in [-0.39, 0.29) is 0 Å². The molecule has 0 atom stereocenters. The standard InChI is InChI=1S/C18H26N4O/c1-4-5-14-22(2)17-11-13-20-18(21-17)19-12-10-15-8-6-7-9-16(15)23-3/h6-9,11,13H,4-5,10,12,14H2,1-3H3,(H,19,20,21). The number of methoxy groups -OCH3 is 1. The Labute approximate surface area is 138 Å². The molecule has 0 aliphatic rings. The van der Waals surface area contributed by atoms with Gasteiger partial charge in [-0.25, -0.2) is 4.98 Å². The van der Waals surface area contributed by atoms with Gasteiger partial charge in [-0.1, -0.05) is 31.5 Å². The molecular weight excluding hydrogens is 288 g/mol. The summed E-state index contributed by atoms with van der Waals surface area (Å²) in [7, 11) is 3.77. The SMILES string of the molecule is CCCCN(C)c1ccnc(NCCc2ccccc2OC)n1. The fourth-order valence-corrected chi connectivity index (χ4v) is 2.38. The molecule has 1 heterocycles. The summed E-state index contributed by atoms with van der Waals surface area (Å²) in [5.41, 5.74) is 1.18. The Morgan fingerprint density at radius 1 is 1.22 bits per heavy atom. The zero-order valence-corrected chi connectivity index (χ0v) is 14.2. The van der Waals surface area contributed by atoms with Crippen LogP contribution in [-0.2, 0) is 6.42 Å². The monoisotopic (exact) mass is 314 g/mol. The van der Waals surface area contributed by atoms with Crippen LogP contribution >= 0.6 is 0 Å². The Balaban J connectivity index is 1.90. The van der Waals surface area contributed by atoms with E-state index in [1.54, 1.807) is 13.3 Å². The average molecular weight is 314 g/mol. The van der Waals surface area contributed by atoms with Gasteiger partial charge in [0.15, 0.2) is 0 Å². The van der Waals surface area contributed by atoms with Crippen LogP contribution in [0.25, 0.3) is 0 Å². The highest BCUT2D eigenvalue weighted by Gasteiger charge is 2.05. The van der Waals surface area contributed by atoms with Crippen molar-refractivity contribution in [2.24, 2.45) is 0 Å². The minimum atomic E-state index is 0.667. The summed E-state index contributed by atoms with van der Waals surface area (Å²) >= 11 is 0. The first-order valence-electron chi connectivity index (χ1n) is 8.14. The molecule has 0 saturated heterocycles. The molecule has 0 aliphatic heterocycles. The zero-order valence-electron chi connectivity index (χ0n) is 14.2. The number of benzene rings is 1. The Bertz CT molecular complexity index is 603. The second kappa shape index (κ2) is 8.98. The van der Waals surface area contributed by atoms with E-state index in [9.17, 15) is 0 Å². The lowest BCUT2D eigenvalue weighted by Gasteiger charge is -2.18. The van der Waals surface area contributed by atoms with Crippen LogP contribution in [0.1, 0.15) is 25.3 Å². The number of rotatable bonds is 9. The van der Waals surface area contributed by atoms with Crippen molar-refractivity contribution in [3.8, 4) is 5.75 Å². The highest BCUT2D eigenvalue weighted by atomic mass is 16.5. The van der Waals surface area contributed by atoms with Crippen molar-refractivity contribution in [3.05, 3.63) is 42.1 Å². The van der Waals surface area contributed by atoms with Crippen LogP contribution < -0.4 is 15.0 Å². The molecule has 0 radical (unpaired) electrons. The lowest BCUT2D eigenvalue weighted by atomic mass is 10.1. The molecule has 0 amide bonds. The molecule has 0 unspecified atom stereocenters. The van der Waals surface area contributed by atoms with E-state index < -0.39 is 0 Å². The number of ether oxygens (including phenoxy) is 1. The molecule has 1 aromatic carbocycles. The number of aromatic nitrogens is 2. The predicted octanol–water partition coefficient (Wildman–Crippen LogP) is 3.38. The highest BCUT2D eigenvalue weighted by molar-refractivity contribution is 5.42. The van der Waals surface area contributed by atoms with Gasteiger partial charge in [0.25, 0.3) is 0 Å². The van der Waals surface area contributed by atoms with Crippen LogP contribution in [0.4, 0.5) is 11.8 Å². The minimum Gasteiger partial charge on any atom is -0.496 e. The molecular formula is C18H26N4O. The van der Waals surface area contributed by atoms with Crippen molar-refractivity contribution in [2.75, 3.05) is 37.5 Å². The summed E-state index contributed by atoms with van der Waals surface area (Å²) in [6.07, 6.45) is 5.01. The van der Waals surface area contributed by atoms with Gasteiger partial charge in [-0.05, 0) is 30.5 Å². The Morgan fingerprint density at radius 3 is 2.83 bits per heavy atom. The fraction of sp³-hybridized carbons (Fsp3) is 0.444. The average Bonchev–Trinajstić information content (AvgIpc) is 2.60. The number of unbranched alkanes of at least 4 members (excludes halogenated alkanes) is 1. The Kier molecular flexibility index (Phi) is 6.66. The van der Waals surface area contributed by atoms with Crippen molar-refractivity contribution in [2.45, 2.75) is 26.2 Å². The molecule has 124 valence electrons. The van der Waals surface area contributed by atoms with Crippen LogP contribution in [0.5, 0.6) is 5.75 Å². The number of nitrogens with zero attached hydrogens (tertiary/aromatic N) is 3. The first-order chi connectivity index (χ1) is 11.2. The lowest BCUT2D eigenvalue weighted by Crippen LogP contribution is -2.20. The summed E-state index contributed by atoms with van der Waals surface area (Å²) in [5, 5.41) is 3.29. The van der Waals surface area contributed by atoms with E-state index in [2.05, 4.69) is 40.2 Å². The quantitative estimate of drug-likeness (QED) is 0.769. The van der Waals surface area contributed by atoms with Gasteiger partial charge in [0, 0.05) is 26.3 Å². The summed E-state index contributed by atoms with van der Waals surface area (Å²) in [6, 6.07) is 10.0. The van der Waals surface area contributed by atoms with Gasteiger partial charge in [0.1, 0.15) is 11.6 Å². The summed E-state index contributed by atoms with van der Waals surface area (Å²) in [5.74, 6) is 2.54. The third-order valence-corrected chi connectivity index (χ3v) is 3.75. The van der Waals surface area contributed by atoms with E-state index in [1.165, 1.54) is 12.0 Å². The maximum Gasteiger partial charge on any atom is 0.224 e.